The van der Waals surface area contributed by atoms with Gasteiger partial charge in [0.05, 0.1) is 28.8 Å². The number of hydrogen-bond donors (Lipinski definition) is 1. The zero-order chi connectivity index (χ0) is 31.6. The first-order valence-corrected chi connectivity index (χ1v) is 16.0. The number of nitrogens with one attached hydrogen (secondary N) is 1. The van der Waals surface area contributed by atoms with Crippen molar-refractivity contribution in [3.8, 4) is 0 Å². The third-order valence-electron chi connectivity index (χ3n) is 7.52. The quantitative estimate of drug-likeness (QED) is 0.186. The Kier molecular flexibility index (Phi) is 9.51. The molecule has 0 bridgehead atoms. The van der Waals surface area contributed by atoms with Crippen molar-refractivity contribution in [3.05, 3.63) is 103 Å². The number of halogens is 2. The average molecular weight is 683 g/mol. The summed E-state index contributed by atoms with van der Waals surface area (Å²) in [5.74, 6) is 0.000849. The molecule has 2 aromatic heterocycles. The summed E-state index contributed by atoms with van der Waals surface area (Å²) in [6.07, 6.45) is 1.82. The average Bonchev–Trinajstić information content (AvgIpc) is 3.77. The number of fused-ring (bicyclic) bond motifs is 1. The number of hydrogen-bond acceptors (Lipinski definition) is 5. The van der Waals surface area contributed by atoms with E-state index in [0.29, 0.717) is 53.5 Å². The molecule has 0 radical (unpaired) electrons. The lowest BCUT2D eigenvalue weighted by Gasteiger charge is -2.34. The molecule has 5 rings (SSSR count). The molecule has 9 nitrogen and oxygen atoms in total. The van der Waals surface area contributed by atoms with E-state index in [-0.39, 0.29) is 17.5 Å². The number of carbonyl (C=O) groups is 2. The summed E-state index contributed by atoms with van der Waals surface area (Å²) in [7, 11) is 0. The molecule has 1 atom stereocenters. The fourth-order valence-electron chi connectivity index (χ4n) is 5.36. The molecule has 1 saturated carbocycles. The summed E-state index contributed by atoms with van der Waals surface area (Å²) < 4.78 is 9.32. The number of aromatic nitrogens is 3. The van der Waals surface area contributed by atoms with Crippen LogP contribution < -0.4 is 11.0 Å². The van der Waals surface area contributed by atoms with Crippen LogP contribution in [0.2, 0.25) is 5.02 Å². The van der Waals surface area contributed by atoms with E-state index < -0.39 is 17.7 Å². The molecule has 4 aromatic rings. The monoisotopic (exact) mass is 681 g/mol. The summed E-state index contributed by atoms with van der Waals surface area (Å²) in [5.41, 5.74) is 2.35. The molecule has 11 heteroatoms. The summed E-state index contributed by atoms with van der Waals surface area (Å²) in [6, 6.07) is 18.5. The van der Waals surface area contributed by atoms with Gasteiger partial charge in [-0.3, -0.25) is 9.36 Å². The minimum atomic E-state index is -0.612. The van der Waals surface area contributed by atoms with E-state index in [2.05, 4.69) is 26.3 Å². The van der Waals surface area contributed by atoms with Crippen molar-refractivity contribution in [1.82, 2.24) is 24.4 Å². The highest BCUT2D eigenvalue weighted by molar-refractivity contribution is 9.10. The van der Waals surface area contributed by atoms with Crippen molar-refractivity contribution in [2.45, 2.75) is 65.1 Å². The van der Waals surface area contributed by atoms with Crippen molar-refractivity contribution >= 4 is 45.0 Å². The molecule has 44 heavy (non-hydrogen) atoms. The molecular formula is C33H37BrClN5O4. The minimum Gasteiger partial charge on any atom is -0.444 e. The number of nitrogens with zero attached hydrogens (tertiary/aromatic N) is 4. The van der Waals surface area contributed by atoms with Crippen LogP contribution in [0.4, 0.5) is 4.79 Å². The van der Waals surface area contributed by atoms with Crippen LogP contribution in [0.1, 0.15) is 73.4 Å². The topological polar surface area (TPSA) is 97.9 Å². The maximum absolute atomic E-state index is 14.3. The summed E-state index contributed by atoms with van der Waals surface area (Å²) in [6.45, 7) is 8.19. The van der Waals surface area contributed by atoms with Crippen molar-refractivity contribution < 1.29 is 14.3 Å². The van der Waals surface area contributed by atoms with Gasteiger partial charge in [0, 0.05) is 28.8 Å². The lowest BCUT2D eigenvalue weighted by Crippen LogP contribution is -2.42. The van der Waals surface area contributed by atoms with E-state index in [1.54, 1.807) is 23.6 Å². The van der Waals surface area contributed by atoms with Crippen molar-refractivity contribution in [1.29, 1.82) is 0 Å². The Morgan fingerprint density at radius 2 is 1.82 bits per heavy atom. The first-order chi connectivity index (χ1) is 20.9. The molecule has 232 valence electrons. The molecule has 2 aromatic carbocycles. The zero-order valence-corrected chi connectivity index (χ0v) is 27.7. The largest absolute Gasteiger partial charge is 0.444 e. The number of rotatable bonds is 10. The van der Waals surface area contributed by atoms with Gasteiger partial charge in [0.25, 0.3) is 5.91 Å². The summed E-state index contributed by atoms with van der Waals surface area (Å²) >= 11 is 10.1. The van der Waals surface area contributed by atoms with Crippen LogP contribution in [-0.4, -0.2) is 49.8 Å². The van der Waals surface area contributed by atoms with Gasteiger partial charge >= 0.3 is 11.8 Å². The Bertz CT molecular complexity index is 1710. The normalized spacial score (nSPS) is 14.0. The lowest BCUT2D eigenvalue weighted by atomic mass is 10.0. The highest BCUT2D eigenvalue weighted by Crippen LogP contribution is 2.45. The van der Waals surface area contributed by atoms with Gasteiger partial charge in [-0.25, -0.2) is 9.59 Å². The number of alkyl carbamates (subject to hydrolysis) is 1. The molecule has 1 fully saturated rings. The van der Waals surface area contributed by atoms with Crippen LogP contribution in [0.15, 0.2) is 69.9 Å². The predicted octanol–water partition coefficient (Wildman–Crippen LogP) is 6.78. The van der Waals surface area contributed by atoms with Gasteiger partial charge in [-0.2, -0.15) is 9.61 Å². The highest BCUT2D eigenvalue weighted by Gasteiger charge is 2.41. The Morgan fingerprint density at radius 3 is 2.45 bits per heavy atom. The first-order valence-electron chi connectivity index (χ1n) is 14.8. The van der Waals surface area contributed by atoms with Gasteiger partial charge in [-0.1, -0.05) is 57.9 Å². The van der Waals surface area contributed by atoms with Crippen LogP contribution in [0.25, 0.3) is 5.52 Å². The van der Waals surface area contributed by atoms with Crippen molar-refractivity contribution in [2.24, 2.45) is 5.92 Å². The molecule has 0 aliphatic heterocycles. The molecule has 2 amide bonds. The van der Waals surface area contributed by atoms with Crippen molar-refractivity contribution in [3.63, 3.8) is 0 Å². The van der Waals surface area contributed by atoms with E-state index in [9.17, 15) is 14.4 Å². The fraction of sp³-hybridized carbons (Fsp3) is 0.394. The maximum atomic E-state index is 14.3. The smallest absolute Gasteiger partial charge is 0.407 e. The molecule has 2 heterocycles. The SMILES string of the molecule is Cc1nn2c(=O)n(Cc3ccccc3)c(C(C3CC3)N(CCCNC(=O)OC(C)(C)C)C(=O)c3ccc(Br)cc3)cc2c1Cl. The Hall–Kier alpha value is -3.63. The van der Waals surface area contributed by atoms with E-state index >= 15 is 0 Å². The van der Waals surface area contributed by atoms with Crippen molar-refractivity contribution in [2.75, 3.05) is 13.1 Å². The minimum absolute atomic E-state index is 0.152. The molecule has 0 saturated heterocycles. The molecule has 1 N–H and O–H groups in total. The molecular weight excluding hydrogens is 646 g/mol. The standard InChI is InChI=1S/C33H37BrClN5O4/c1-21-28(35)26-19-27(39(32(43)40(26)37-21)20-22-9-6-5-7-10-22)29(23-11-12-23)38(30(41)24-13-15-25(34)16-14-24)18-8-17-36-31(42)44-33(2,3)4/h5-7,9-10,13-16,19,23,29H,8,11-12,17-18,20H2,1-4H3,(H,36,42). The van der Waals surface area contributed by atoms with Crippen LogP contribution in [0, 0.1) is 12.8 Å². The highest BCUT2D eigenvalue weighted by atomic mass is 79.9. The van der Waals surface area contributed by atoms with E-state index in [1.807, 2.05) is 74.2 Å². The van der Waals surface area contributed by atoms with Gasteiger partial charge in [0.2, 0.25) is 0 Å². The Labute approximate surface area is 270 Å². The Morgan fingerprint density at radius 1 is 1.14 bits per heavy atom. The zero-order valence-electron chi connectivity index (χ0n) is 25.3. The van der Waals surface area contributed by atoms with Gasteiger partial charge in [0.15, 0.2) is 0 Å². The van der Waals surface area contributed by atoms with Crippen LogP contribution in [-0.2, 0) is 11.3 Å². The van der Waals surface area contributed by atoms with Gasteiger partial charge < -0.3 is 15.0 Å². The number of ether oxygens (including phenoxy) is 1. The van der Waals surface area contributed by atoms with Gasteiger partial charge in [-0.15, -0.1) is 0 Å². The van der Waals surface area contributed by atoms with Gasteiger partial charge in [0.1, 0.15) is 5.60 Å². The third-order valence-corrected chi connectivity index (χ3v) is 8.51. The maximum Gasteiger partial charge on any atom is 0.407 e. The molecule has 0 spiro atoms. The second kappa shape index (κ2) is 13.2. The first kappa shape index (κ1) is 31.8. The number of carbonyl (C=O) groups excluding carboxylic acids is 2. The number of benzene rings is 2. The number of aryl methyl sites for hydroxylation is 1. The Balaban J connectivity index is 1.57. The molecule has 1 unspecified atom stereocenters. The van der Waals surface area contributed by atoms with E-state index in [0.717, 1.165) is 22.9 Å². The second-order valence-corrected chi connectivity index (χ2v) is 13.5. The predicted molar refractivity (Wildman–Crippen MR) is 174 cm³/mol. The molecule has 1 aliphatic rings. The van der Waals surface area contributed by atoms with Crippen LogP contribution in [0.5, 0.6) is 0 Å². The summed E-state index contributed by atoms with van der Waals surface area (Å²) in [5, 5.41) is 7.64. The fourth-order valence-corrected chi connectivity index (χ4v) is 5.79. The van der Waals surface area contributed by atoms with E-state index in [4.69, 9.17) is 16.3 Å². The number of amides is 2. The third kappa shape index (κ3) is 7.35. The van der Waals surface area contributed by atoms with Crippen LogP contribution in [0.3, 0.4) is 0 Å². The summed E-state index contributed by atoms with van der Waals surface area (Å²) in [4.78, 5) is 42.5. The second-order valence-electron chi connectivity index (χ2n) is 12.2. The van der Waals surface area contributed by atoms with Gasteiger partial charge in [-0.05, 0) is 88.8 Å². The van der Waals surface area contributed by atoms with E-state index in [1.165, 1.54) is 4.52 Å². The molecule has 1 aliphatic carbocycles. The van der Waals surface area contributed by atoms with Crippen LogP contribution >= 0.6 is 27.5 Å². The lowest BCUT2D eigenvalue weighted by molar-refractivity contribution is 0.0522.